The van der Waals surface area contributed by atoms with Crippen molar-refractivity contribution in [2.75, 3.05) is 26.2 Å². The van der Waals surface area contributed by atoms with E-state index in [1.807, 2.05) is 0 Å². The van der Waals surface area contributed by atoms with E-state index in [1.54, 1.807) is 0 Å². The summed E-state index contributed by atoms with van der Waals surface area (Å²) in [6.07, 6.45) is 5.55. The van der Waals surface area contributed by atoms with Crippen molar-refractivity contribution in [3.8, 4) is 0 Å². The quantitative estimate of drug-likeness (QED) is 0.763. The lowest BCUT2D eigenvalue weighted by Gasteiger charge is -2.33. The molecule has 3 atom stereocenters. The molecule has 2 heterocycles. The molecule has 0 spiro atoms. The summed E-state index contributed by atoms with van der Waals surface area (Å²) < 4.78 is 0. The standard InChI is InChI=1S/C14H29N3/c1-11(2)12(9-15)10-16-13-6-8-17-7-4-3-5-14(13)17/h11-14,16H,3-10,15H2,1-2H3. The first-order valence-corrected chi connectivity index (χ1v) is 7.40. The van der Waals surface area contributed by atoms with Crippen LogP contribution in [0.25, 0.3) is 0 Å². The Morgan fingerprint density at radius 3 is 2.76 bits per heavy atom. The minimum Gasteiger partial charge on any atom is -0.330 e. The van der Waals surface area contributed by atoms with Crippen LogP contribution in [0.5, 0.6) is 0 Å². The van der Waals surface area contributed by atoms with Gasteiger partial charge in [-0.3, -0.25) is 4.90 Å². The Morgan fingerprint density at radius 1 is 1.24 bits per heavy atom. The van der Waals surface area contributed by atoms with Gasteiger partial charge in [0, 0.05) is 18.6 Å². The maximum Gasteiger partial charge on any atom is 0.0249 e. The van der Waals surface area contributed by atoms with Crippen LogP contribution < -0.4 is 11.1 Å². The van der Waals surface area contributed by atoms with E-state index in [9.17, 15) is 0 Å². The van der Waals surface area contributed by atoms with Gasteiger partial charge in [-0.2, -0.15) is 0 Å². The first kappa shape index (κ1) is 13.3. The SMILES string of the molecule is CC(C)C(CN)CNC1CCN2CCCCC12. The summed E-state index contributed by atoms with van der Waals surface area (Å²) in [5.41, 5.74) is 5.84. The maximum absolute atomic E-state index is 5.84. The molecule has 0 bridgehead atoms. The van der Waals surface area contributed by atoms with Crippen LogP contribution in [-0.2, 0) is 0 Å². The molecule has 3 N–H and O–H groups in total. The number of hydrogen-bond donors (Lipinski definition) is 2. The minimum atomic E-state index is 0.632. The predicted molar refractivity (Wildman–Crippen MR) is 73.0 cm³/mol. The van der Waals surface area contributed by atoms with Crippen LogP contribution in [0.15, 0.2) is 0 Å². The Hall–Kier alpha value is -0.120. The zero-order chi connectivity index (χ0) is 12.3. The molecular weight excluding hydrogens is 210 g/mol. The van der Waals surface area contributed by atoms with Crippen molar-refractivity contribution in [2.45, 2.75) is 51.6 Å². The molecule has 100 valence electrons. The van der Waals surface area contributed by atoms with Gasteiger partial charge in [-0.1, -0.05) is 20.3 Å². The third-order valence-electron chi connectivity index (χ3n) is 4.74. The van der Waals surface area contributed by atoms with Crippen molar-refractivity contribution in [3.05, 3.63) is 0 Å². The van der Waals surface area contributed by atoms with Crippen LogP contribution in [-0.4, -0.2) is 43.2 Å². The highest BCUT2D eigenvalue weighted by molar-refractivity contribution is 4.94. The lowest BCUT2D eigenvalue weighted by molar-refractivity contribution is 0.177. The monoisotopic (exact) mass is 239 g/mol. The zero-order valence-electron chi connectivity index (χ0n) is 11.5. The Bertz CT molecular complexity index is 230. The first-order valence-electron chi connectivity index (χ1n) is 7.40. The second-order valence-electron chi connectivity index (χ2n) is 6.14. The molecule has 2 aliphatic heterocycles. The number of nitrogens with one attached hydrogen (secondary N) is 1. The summed E-state index contributed by atoms with van der Waals surface area (Å²) in [4.78, 5) is 2.69. The van der Waals surface area contributed by atoms with Gasteiger partial charge in [0.15, 0.2) is 0 Å². The number of fused-ring (bicyclic) bond motifs is 1. The van der Waals surface area contributed by atoms with Crippen molar-refractivity contribution in [1.82, 2.24) is 10.2 Å². The highest BCUT2D eigenvalue weighted by atomic mass is 15.2. The second kappa shape index (κ2) is 6.17. The van der Waals surface area contributed by atoms with Crippen LogP contribution in [0.3, 0.4) is 0 Å². The molecule has 0 aromatic carbocycles. The van der Waals surface area contributed by atoms with Crippen LogP contribution in [0.2, 0.25) is 0 Å². The largest absolute Gasteiger partial charge is 0.330 e. The second-order valence-corrected chi connectivity index (χ2v) is 6.14. The van der Waals surface area contributed by atoms with Gasteiger partial charge >= 0.3 is 0 Å². The maximum atomic E-state index is 5.84. The molecule has 2 fully saturated rings. The van der Waals surface area contributed by atoms with E-state index in [2.05, 4.69) is 24.1 Å². The fourth-order valence-electron chi connectivity index (χ4n) is 3.38. The third-order valence-corrected chi connectivity index (χ3v) is 4.74. The van der Waals surface area contributed by atoms with Gasteiger partial charge in [0.25, 0.3) is 0 Å². The average molecular weight is 239 g/mol. The number of rotatable bonds is 5. The molecule has 3 nitrogen and oxygen atoms in total. The van der Waals surface area contributed by atoms with E-state index >= 15 is 0 Å². The van der Waals surface area contributed by atoms with Crippen molar-refractivity contribution >= 4 is 0 Å². The summed E-state index contributed by atoms with van der Waals surface area (Å²) in [5, 5.41) is 3.79. The summed E-state index contributed by atoms with van der Waals surface area (Å²) >= 11 is 0. The van der Waals surface area contributed by atoms with E-state index in [0.29, 0.717) is 11.8 Å². The highest BCUT2D eigenvalue weighted by Crippen LogP contribution is 2.27. The average Bonchev–Trinajstić information content (AvgIpc) is 2.73. The number of nitrogens with zero attached hydrogens (tertiary/aromatic N) is 1. The number of nitrogens with two attached hydrogens (primary N) is 1. The number of hydrogen-bond acceptors (Lipinski definition) is 3. The molecule has 0 aromatic rings. The zero-order valence-corrected chi connectivity index (χ0v) is 11.5. The molecule has 0 radical (unpaired) electrons. The van der Waals surface area contributed by atoms with Crippen molar-refractivity contribution in [2.24, 2.45) is 17.6 Å². The molecule has 2 saturated heterocycles. The molecule has 3 unspecified atom stereocenters. The van der Waals surface area contributed by atoms with E-state index in [0.717, 1.165) is 25.2 Å². The summed E-state index contributed by atoms with van der Waals surface area (Å²) in [7, 11) is 0. The van der Waals surface area contributed by atoms with Crippen LogP contribution in [0.4, 0.5) is 0 Å². The summed E-state index contributed by atoms with van der Waals surface area (Å²) in [6.45, 7) is 9.10. The lowest BCUT2D eigenvalue weighted by atomic mass is 9.94. The van der Waals surface area contributed by atoms with Gasteiger partial charge < -0.3 is 11.1 Å². The smallest absolute Gasteiger partial charge is 0.0249 e. The molecule has 0 saturated carbocycles. The van der Waals surface area contributed by atoms with Gasteiger partial charge in [0.2, 0.25) is 0 Å². The third kappa shape index (κ3) is 3.21. The Balaban J connectivity index is 1.79. The number of piperidine rings is 1. The normalized spacial score (nSPS) is 31.8. The van der Waals surface area contributed by atoms with E-state index in [-0.39, 0.29) is 0 Å². The van der Waals surface area contributed by atoms with Crippen LogP contribution in [0, 0.1) is 11.8 Å². The molecule has 0 aliphatic carbocycles. The van der Waals surface area contributed by atoms with Crippen LogP contribution >= 0.6 is 0 Å². The Kier molecular flexibility index (Phi) is 4.83. The van der Waals surface area contributed by atoms with Gasteiger partial charge in [0.05, 0.1) is 0 Å². The fraction of sp³-hybridized carbons (Fsp3) is 1.00. The molecular formula is C14H29N3. The van der Waals surface area contributed by atoms with Crippen molar-refractivity contribution in [1.29, 1.82) is 0 Å². The lowest BCUT2D eigenvalue weighted by Crippen LogP contribution is -2.47. The van der Waals surface area contributed by atoms with E-state index in [1.165, 1.54) is 38.8 Å². The summed E-state index contributed by atoms with van der Waals surface area (Å²) in [5.74, 6) is 1.32. The van der Waals surface area contributed by atoms with Crippen molar-refractivity contribution < 1.29 is 0 Å². The van der Waals surface area contributed by atoms with Gasteiger partial charge in [0.1, 0.15) is 0 Å². The minimum absolute atomic E-state index is 0.632. The Labute approximate surface area is 106 Å². The highest BCUT2D eigenvalue weighted by Gasteiger charge is 2.35. The van der Waals surface area contributed by atoms with E-state index < -0.39 is 0 Å². The Morgan fingerprint density at radius 2 is 2.06 bits per heavy atom. The molecule has 2 rings (SSSR count). The van der Waals surface area contributed by atoms with E-state index in [4.69, 9.17) is 5.73 Å². The molecule has 3 heteroatoms. The summed E-state index contributed by atoms with van der Waals surface area (Å²) in [6, 6.07) is 1.54. The van der Waals surface area contributed by atoms with Crippen molar-refractivity contribution in [3.63, 3.8) is 0 Å². The predicted octanol–water partition coefficient (Wildman–Crippen LogP) is 1.43. The van der Waals surface area contributed by atoms with Gasteiger partial charge in [-0.05, 0) is 50.7 Å². The molecule has 2 aliphatic rings. The first-order chi connectivity index (χ1) is 8.22. The molecule has 17 heavy (non-hydrogen) atoms. The fourth-order valence-corrected chi connectivity index (χ4v) is 3.38. The van der Waals surface area contributed by atoms with Gasteiger partial charge in [-0.25, -0.2) is 0 Å². The molecule has 0 aromatic heterocycles. The molecule has 0 amide bonds. The van der Waals surface area contributed by atoms with Crippen LogP contribution in [0.1, 0.15) is 39.5 Å². The topological polar surface area (TPSA) is 41.3 Å². The van der Waals surface area contributed by atoms with Gasteiger partial charge in [-0.15, -0.1) is 0 Å².